The molecule has 1 aromatic carbocycles. The van der Waals surface area contributed by atoms with Gasteiger partial charge in [0.25, 0.3) is 0 Å². The molecule has 0 radical (unpaired) electrons. The van der Waals surface area contributed by atoms with E-state index in [4.69, 9.17) is 4.74 Å². The maximum absolute atomic E-state index is 11.8. The van der Waals surface area contributed by atoms with Crippen LogP contribution in [-0.2, 0) is 11.3 Å². The van der Waals surface area contributed by atoms with Gasteiger partial charge in [0.05, 0.1) is 13.2 Å². The number of carbonyl (C=O) groups is 1. The van der Waals surface area contributed by atoms with E-state index >= 15 is 0 Å². The first-order chi connectivity index (χ1) is 11.3. The van der Waals surface area contributed by atoms with Crippen LogP contribution in [0.2, 0.25) is 0 Å². The second-order valence-electron chi connectivity index (χ2n) is 6.57. The van der Waals surface area contributed by atoms with Gasteiger partial charge in [0.15, 0.2) is 5.96 Å². The molecule has 0 atom stereocenters. The molecule has 3 N–H and O–H groups in total. The van der Waals surface area contributed by atoms with E-state index in [9.17, 15) is 4.79 Å². The number of rotatable bonds is 7. The topological polar surface area (TPSA) is 74.8 Å². The highest BCUT2D eigenvalue weighted by Crippen LogP contribution is 2.13. The van der Waals surface area contributed by atoms with Crippen molar-refractivity contribution >= 4 is 11.9 Å². The summed E-state index contributed by atoms with van der Waals surface area (Å²) >= 11 is 0. The summed E-state index contributed by atoms with van der Waals surface area (Å²) < 4.78 is 5.63. The Labute approximate surface area is 145 Å². The van der Waals surface area contributed by atoms with Crippen molar-refractivity contribution < 1.29 is 9.53 Å². The molecule has 0 aliphatic carbocycles. The van der Waals surface area contributed by atoms with E-state index in [-0.39, 0.29) is 18.0 Å². The largest absolute Gasteiger partial charge is 0.494 e. The molecule has 0 aromatic heterocycles. The van der Waals surface area contributed by atoms with Crippen LogP contribution in [0, 0.1) is 0 Å². The zero-order chi connectivity index (χ0) is 18.0. The lowest BCUT2D eigenvalue weighted by Crippen LogP contribution is -2.48. The van der Waals surface area contributed by atoms with Gasteiger partial charge in [-0.2, -0.15) is 0 Å². The number of ether oxygens (including phenoxy) is 1. The molecule has 0 aliphatic heterocycles. The number of nitrogens with zero attached hydrogens (tertiary/aromatic N) is 1. The zero-order valence-electron chi connectivity index (χ0n) is 15.4. The van der Waals surface area contributed by atoms with Crippen molar-refractivity contribution in [3.63, 3.8) is 0 Å². The lowest BCUT2D eigenvalue weighted by Gasteiger charge is -2.21. The van der Waals surface area contributed by atoms with Crippen LogP contribution in [-0.4, -0.2) is 37.6 Å². The first kappa shape index (κ1) is 19.8. The SMILES string of the molecule is CCCOc1cccc(CNC(=NC)NCC(=O)NC(C)(C)C)c1. The second-order valence-corrected chi connectivity index (χ2v) is 6.57. The predicted molar refractivity (Wildman–Crippen MR) is 98.3 cm³/mol. The molecule has 0 saturated carbocycles. The van der Waals surface area contributed by atoms with Crippen molar-refractivity contribution in [2.45, 2.75) is 46.2 Å². The maximum atomic E-state index is 11.8. The molecule has 0 aliphatic rings. The minimum Gasteiger partial charge on any atom is -0.494 e. The summed E-state index contributed by atoms with van der Waals surface area (Å²) in [6.07, 6.45) is 0.982. The number of nitrogens with one attached hydrogen (secondary N) is 3. The van der Waals surface area contributed by atoms with Gasteiger partial charge in [0, 0.05) is 19.1 Å². The Morgan fingerprint density at radius 2 is 2.00 bits per heavy atom. The monoisotopic (exact) mass is 334 g/mol. The van der Waals surface area contributed by atoms with E-state index in [0.29, 0.717) is 19.1 Å². The summed E-state index contributed by atoms with van der Waals surface area (Å²) in [4.78, 5) is 16.0. The molecule has 0 bridgehead atoms. The van der Waals surface area contributed by atoms with Crippen LogP contribution in [0.1, 0.15) is 39.7 Å². The highest BCUT2D eigenvalue weighted by Gasteiger charge is 2.13. The quantitative estimate of drug-likeness (QED) is 0.527. The van der Waals surface area contributed by atoms with Crippen molar-refractivity contribution in [3.05, 3.63) is 29.8 Å². The van der Waals surface area contributed by atoms with Gasteiger partial charge in [-0.05, 0) is 44.9 Å². The second kappa shape index (κ2) is 9.80. The van der Waals surface area contributed by atoms with Crippen molar-refractivity contribution in [1.82, 2.24) is 16.0 Å². The van der Waals surface area contributed by atoms with Gasteiger partial charge < -0.3 is 20.7 Å². The van der Waals surface area contributed by atoms with Gasteiger partial charge in [-0.25, -0.2) is 0 Å². The number of hydrogen-bond donors (Lipinski definition) is 3. The van der Waals surface area contributed by atoms with Crippen LogP contribution < -0.4 is 20.7 Å². The van der Waals surface area contributed by atoms with E-state index in [1.807, 2.05) is 45.0 Å². The predicted octanol–water partition coefficient (Wildman–Crippen LogP) is 2.06. The van der Waals surface area contributed by atoms with Crippen molar-refractivity contribution in [2.24, 2.45) is 4.99 Å². The Balaban J connectivity index is 2.45. The third-order valence-corrected chi connectivity index (χ3v) is 2.99. The first-order valence-electron chi connectivity index (χ1n) is 8.31. The Morgan fingerprint density at radius 3 is 2.62 bits per heavy atom. The van der Waals surface area contributed by atoms with Crippen LogP contribution in [0.5, 0.6) is 5.75 Å². The minimum atomic E-state index is -0.241. The molecule has 0 spiro atoms. The molecule has 0 saturated heterocycles. The van der Waals surface area contributed by atoms with Gasteiger partial charge in [-0.1, -0.05) is 19.1 Å². The number of carbonyl (C=O) groups excluding carboxylic acids is 1. The third-order valence-electron chi connectivity index (χ3n) is 2.99. The van der Waals surface area contributed by atoms with Crippen LogP contribution in [0.15, 0.2) is 29.3 Å². The zero-order valence-corrected chi connectivity index (χ0v) is 15.4. The summed E-state index contributed by atoms with van der Waals surface area (Å²) in [5.74, 6) is 1.38. The molecule has 1 aromatic rings. The van der Waals surface area contributed by atoms with Crippen LogP contribution in [0.25, 0.3) is 0 Å². The van der Waals surface area contributed by atoms with Crippen molar-refractivity contribution in [2.75, 3.05) is 20.2 Å². The number of aliphatic imine (C=N–C) groups is 1. The highest BCUT2D eigenvalue weighted by molar-refractivity contribution is 5.86. The molecule has 24 heavy (non-hydrogen) atoms. The Bertz CT molecular complexity index is 550. The fourth-order valence-corrected chi connectivity index (χ4v) is 2.00. The molecule has 1 rings (SSSR count). The summed E-state index contributed by atoms with van der Waals surface area (Å²) in [6.45, 7) is 9.42. The van der Waals surface area contributed by atoms with Crippen molar-refractivity contribution in [3.8, 4) is 5.75 Å². The van der Waals surface area contributed by atoms with E-state index in [1.165, 1.54) is 0 Å². The number of benzene rings is 1. The van der Waals surface area contributed by atoms with E-state index in [2.05, 4.69) is 27.9 Å². The van der Waals surface area contributed by atoms with Crippen LogP contribution >= 0.6 is 0 Å². The van der Waals surface area contributed by atoms with Gasteiger partial charge >= 0.3 is 0 Å². The summed E-state index contributed by atoms with van der Waals surface area (Å²) in [5.41, 5.74) is 0.847. The summed E-state index contributed by atoms with van der Waals surface area (Å²) in [6, 6.07) is 7.94. The normalized spacial score (nSPS) is 11.8. The van der Waals surface area contributed by atoms with Gasteiger partial charge in [-0.3, -0.25) is 9.79 Å². The maximum Gasteiger partial charge on any atom is 0.239 e. The van der Waals surface area contributed by atoms with Gasteiger partial charge in [0.1, 0.15) is 5.75 Å². The van der Waals surface area contributed by atoms with E-state index in [1.54, 1.807) is 7.05 Å². The number of hydrogen-bond acceptors (Lipinski definition) is 3. The molecular formula is C18H30N4O2. The Kier molecular flexibility index (Phi) is 8.09. The average molecular weight is 334 g/mol. The minimum absolute atomic E-state index is 0.0691. The summed E-state index contributed by atoms with van der Waals surface area (Å²) in [7, 11) is 1.68. The van der Waals surface area contributed by atoms with Crippen molar-refractivity contribution in [1.29, 1.82) is 0 Å². The third kappa shape index (κ3) is 8.41. The van der Waals surface area contributed by atoms with Gasteiger partial charge in [0.2, 0.25) is 5.91 Å². The molecule has 0 fully saturated rings. The molecule has 0 heterocycles. The lowest BCUT2D eigenvalue weighted by molar-refractivity contribution is -0.121. The molecule has 6 heteroatoms. The average Bonchev–Trinajstić information content (AvgIpc) is 2.52. The molecule has 6 nitrogen and oxygen atoms in total. The fourth-order valence-electron chi connectivity index (χ4n) is 2.00. The fraction of sp³-hybridized carbons (Fsp3) is 0.556. The highest BCUT2D eigenvalue weighted by atomic mass is 16.5. The van der Waals surface area contributed by atoms with Crippen LogP contribution in [0.3, 0.4) is 0 Å². The molecule has 1 amide bonds. The van der Waals surface area contributed by atoms with E-state index in [0.717, 1.165) is 17.7 Å². The number of amides is 1. The molecule has 134 valence electrons. The lowest BCUT2D eigenvalue weighted by atomic mass is 10.1. The molecule has 0 unspecified atom stereocenters. The molecular weight excluding hydrogens is 304 g/mol. The summed E-state index contributed by atoms with van der Waals surface area (Å²) in [5, 5.41) is 9.10. The Hall–Kier alpha value is -2.24. The van der Waals surface area contributed by atoms with E-state index < -0.39 is 0 Å². The number of guanidine groups is 1. The van der Waals surface area contributed by atoms with Crippen LogP contribution in [0.4, 0.5) is 0 Å². The van der Waals surface area contributed by atoms with Gasteiger partial charge in [-0.15, -0.1) is 0 Å². The first-order valence-corrected chi connectivity index (χ1v) is 8.31. The Morgan fingerprint density at radius 1 is 1.25 bits per heavy atom. The standard InChI is InChI=1S/C18H30N4O2/c1-6-10-24-15-9-7-8-14(11-15)12-20-17(19-5)21-13-16(23)22-18(2,3)4/h7-9,11H,6,10,12-13H2,1-5H3,(H,22,23)(H2,19,20,21). The smallest absolute Gasteiger partial charge is 0.239 e.